The van der Waals surface area contributed by atoms with E-state index in [1.165, 1.54) is 0 Å². The maximum Gasteiger partial charge on any atom is 0.270 e. The highest BCUT2D eigenvalue weighted by Gasteiger charge is 2.11. The molecule has 0 saturated heterocycles. The molecule has 24 heavy (non-hydrogen) atoms. The molecule has 2 aromatic carbocycles. The van der Waals surface area contributed by atoms with Crippen LogP contribution in [0, 0.1) is 0 Å². The molecule has 0 atom stereocenters. The number of hydrogen-bond acceptors (Lipinski definition) is 4. The van der Waals surface area contributed by atoms with Crippen molar-refractivity contribution in [2.45, 2.75) is 0 Å². The van der Waals surface area contributed by atoms with Crippen LogP contribution in [0.1, 0.15) is 20.7 Å². The Hall–Kier alpha value is -2.87. The van der Waals surface area contributed by atoms with E-state index in [1.807, 2.05) is 0 Å². The number of para-hydroxylation sites is 1. The number of halogens is 1. The third kappa shape index (κ3) is 4.56. The lowest BCUT2D eigenvalue weighted by molar-refractivity contribution is -0.120. The third-order valence-corrected chi connectivity index (χ3v) is 3.76. The highest BCUT2D eigenvalue weighted by atomic mass is 79.9. The molecule has 0 saturated carbocycles. The second-order valence-electron chi connectivity index (χ2n) is 4.75. The number of primary amides is 1. The number of anilines is 1. The topological polar surface area (TPSA) is 113 Å². The molecule has 3 amide bonds. The average molecular weight is 391 g/mol. The predicted molar refractivity (Wildman–Crippen MR) is 93.2 cm³/mol. The van der Waals surface area contributed by atoms with Crippen molar-refractivity contribution in [3.63, 3.8) is 0 Å². The first-order valence-corrected chi connectivity index (χ1v) is 7.74. The van der Waals surface area contributed by atoms with Crippen molar-refractivity contribution in [2.24, 2.45) is 5.73 Å². The fourth-order valence-electron chi connectivity index (χ4n) is 1.91. The molecule has 0 spiro atoms. The first-order valence-electron chi connectivity index (χ1n) is 6.95. The summed E-state index contributed by atoms with van der Waals surface area (Å²) in [6, 6.07) is 13.4. The number of rotatable bonds is 5. The summed E-state index contributed by atoms with van der Waals surface area (Å²) in [5.41, 5.74) is 11.0. The van der Waals surface area contributed by atoms with Gasteiger partial charge in [0.1, 0.15) is 0 Å². The fraction of sp³-hybridized carbons (Fsp3) is 0.0625. The summed E-state index contributed by atoms with van der Waals surface area (Å²) < 4.78 is 0.616. The Morgan fingerprint density at radius 1 is 0.917 bits per heavy atom. The van der Waals surface area contributed by atoms with E-state index in [0.717, 1.165) is 0 Å². The standard InChI is InChI=1S/C16H15BrN4O3/c17-12-7-3-1-5-10(12)16(24)21-20-14(22)9-19-13-8-4-2-6-11(13)15(18)23/h1-8,19H,9H2,(H2,18,23)(H,20,22)(H,21,24). The van der Waals surface area contributed by atoms with Crippen LogP contribution in [-0.2, 0) is 4.79 Å². The van der Waals surface area contributed by atoms with Gasteiger partial charge < -0.3 is 11.1 Å². The molecular weight excluding hydrogens is 376 g/mol. The lowest BCUT2D eigenvalue weighted by Gasteiger charge is -2.11. The number of amides is 3. The molecule has 0 aliphatic rings. The largest absolute Gasteiger partial charge is 0.375 e. The van der Waals surface area contributed by atoms with E-state index in [0.29, 0.717) is 15.7 Å². The maximum absolute atomic E-state index is 12.0. The summed E-state index contributed by atoms with van der Waals surface area (Å²) in [7, 11) is 0. The van der Waals surface area contributed by atoms with Gasteiger partial charge in [0, 0.05) is 10.2 Å². The zero-order valence-electron chi connectivity index (χ0n) is 12.5. The van der Waals surface area contributed by atoms with Gasteiger partial charge in [-0.05, 0) is 40.2 Å². The first-order chi connectivity index (χ1) is 11.5. The maximum atomic E-state index is 12.0. The lowest BCUT2D eigenvalue weighted by atomic mass is 10.1. The Morgan fingerprint density at radius 3 is 2.21 bits per heavy atom. The van der Waals surface area contributed by atoms with Gasteiger partial charge in [0.15, 0.2) is 0 Å². The molecule has 0 bridgehead atoms. The Labute approximate surface area is 146 Å². The summed E-state index contributed by atoms with van der Waals surface area (Å²) in [5, 5.41) is 2.80. The van der Waals surface area contributed by atoms with Crippen LogP contribution in [0.3, 0.4) is 0 Å². The minimum Gasteiger partial charge on any atom is -0.375 e. The van der Waals surface area contributed by atoms with E-state index in [4.69, 9.17) is 5.73 Å². The van der Waals surface area contributed by atoms with Gasteiger partial charge in [-0.1, -0.05) is 24.3 Å². The van der Waals surface area contributed by atoms with Gasteiger partial charge in [-0.25, -0.2) is 0 Å². The van der Waals surface area contributed by atoms with E-state index >= 15 is 0 Å². The summed E-state index contributed by atoms with van der Waals surface area (Å²) >= 11 is 3.26. The molecule has 0 heterocycles. The monoisotopic (exact) mass is 390 g/mol. The van der Waals surface area contributed by atoms with Gasteiger partial charge in [0.25, 0.3) is 17.7 Å². The van der Waals surface area contributed by atoms with Gasteiger partial charge in [-0.3, -0.25) is 25.2 Å². The first kappa shape index (κ1) is 17.5. The van der Waals surface area contributed by atoms with Crippen LogP contribution in [0.4, 0.5) is 5.69 Å². The van der Waals surface area contributed by atoms with Crippen LogP contribution in [0.5, 0.6) is 0 Å². The minimum absolute atomic E-state index is 0.138. The fourth-order valence-corrected chi connectivity index (χ4v) is 2.38. The molecule has 0 aliphatic heterocycles. The van der Waals surface area contributed by atoms with E-state index in [1.54, 1.807) is 48.5 Å². The summed E-state index contributed by atoms with van der Waals surface area (Å²) in [4.78, 5) is 35.0. The van der Waals surface area contributed by atoms with Crippen molar-refractivity contribution in [2.75, 3.05) is 11.9 Å². The second kappa shape index (κ2) is 8.11. The number of hydrazine groups is 1. The van der Waals surface area contributed by atoms with Crippen LogP contribution in [0.15, 0.2) is 53.0 Å². The van der Waals surface area contributed by atoms with Crippen molar-refractivity contribution in [1.29, 1.82) is 0 Å². The second-order valence-corrected chi connectivity index (χ2v) is 5.60. The van der Waals surface area contributed by atoms with E-state index in [9.17, 15) is 14.4 Å². The summed E-state index contributed by atoms with van der Waals surface area (Å²) in [5.74, 6) is -1.52. The Kier molecular flexibility index (Phi) is 5.91. The SMILES string of the molecule is NC(=O)c1ccccc1NCC(=O)NNC(=O)c1ccccc1Br. The molecule has 8 heteroatoms. The van der Waals surface area contributed by atoms with Crippen molar-refractivity contribution < 1.29 is 14.4 Å². The Morgan fingerprint density at radius 2 is 1.54 bits per heavy atom. The smallest absolute Gasteiger partial charge is 0.270 e. The molecule has 2 rings (SSSR count). The van der Waals surface area contributed by atoms with Gasteiger partial charge in [-0.2, -0.15) is 0 Å². The van der Waals surface area contributed by atoms with Crippen LogP contribution in [0.25, 0.3) is 0 Å². The van der Waals surface area contributed by atoms with Crippen molar-refractivity contribution in [3.05, 3.63) is 64.1 Å². The highest BCUT2D eigenvalue weighted by Crippen LogP contribution is 2.15. The zero-order valence-corrected chi connectivity index (χ0v) is 14.1. The Bertz CT molecular complexity index is 779. The summed E-state index contributed by atoms with van der Waals surface area (Å²) in [6.07, 6.45) is 0. The summed E-state index contributed by atoms with van der Waals surface area (Å²) in [6.45, 7) is -0.138. The van der Waals surface area contributed by atoms with Crippen molar-refractivity contribution >= 4 is 39.3 Å². The van der Waals surface area contributed by atoms with Gasteiger partial charge in [-0.15, -0.1) is 0 Å². The molecule has 2 aromatic rings. The van der Waals surface area contributed by atoms with Crippen LogP contribution in [-0.4, -0.2) is 24.3 Å². The highest BCUT2D eigenvalue weighted by molar-refractivity contribution is 9.10. The van der Waals surface area contributed by atoms with Gasteiger partial charge in [0.05, 0.1) is 17.7 Å². The van der Waals surface area contributed by atoms with E-state index in [-0.39, 0.29) is 12.1 Å². The minimum atomic E-state index is -0.597. The molecule has 0 radical (unpaired) electrons. The zero-order chi connectivity index (χ0) is 17.5. The van der Waals surface area contributed by atoms with E-state index < -0.39 is 17.7 Å². The average Bonchev–Trinajstić information content (AvgIpc) is 2.58. The van der Waals surface area contributed by atoms with Crippen molar-refractivity contribution in [1.82, 2.24) is 10.9 Å². The van der Waals surface area contributed by atoms with Crippen LogP contribution in [0.2, 0.25) is 0 Å². The molecule has 0 aromatic heterocycles. The third-order valence-electron chi connectivity index (χ3n) is 3.07. The van der Waals surface area contributed by atoms with Crippen molar-refractivity contribution in [3.8, 4) is 0 Å². The number of carbonyl (C=O) groups is 3. The molecule has 5 N–H and O–H groups in total. The quantitative estimate of drug-likeness (QED) is 0.578. The number of nitrogens with one attached hydrogen (secondary N) is 3. The molecule has 7 nitrogen and oxygen atoms in total. The lowest BCUT2D eigenvalue weighted by Crippen LogP contribution is -2.44. The van der Waals surface area contributed by atoms with Crippen LogP contribution >= 0.6 is 15.9 Å². The van der Waals surface area contributed by atoms with Crippen LogP contribution < -0.4 is 21.9 Å². The number of hydrogen-bond donors (Lipinski definition) is 4. The Balaban J connectivity index is 1.87. The van der Waals surface area contributed by atoms with E-state index in [2.05, 4.69) is 32.1 Å². The van der Waals surface area contributed by atoms with Gasteiger partial charge in [0.2, 0.25) is 0 Å². The number of nitrogens with two attached hydrogens (primary N) is 1. The number of carbonyl (C=O) groups excluding carboxylic acids is 3. The molecular formula is C16H15BrN4O3. The molecule has 0 fully saturated rings. The molecule has 124 valence electrons. The number of benzene rings is 2. The normalized spacial score (nSPS) is 9.88. The predicted octanol–water partition coefficient (Wildman–Crippen LogP) is 1.42. The van der Waals surface area contributed by atoms with Gasteiger partial charge >= 0.3 is 0 Å². The molecule has 0 aliphatic carbocycles. The molecule has 0 unspecified atom stereocenters.